The van der Waals surface area contributed by atoms with E-state index < -0.39 is 0 Å². The van der Waals surface area contributed by atoms with Gasteiger partial charge in [0, 0.05) is 23.0 Å². The Bertz CT molecular complexity index is 1150. The highest BCUT2D eigenvalue weighted by Gasteiger charge is 2.08. The predicted molar refractivity (Wildman–Crippen MR) is 107 cm³/mol. The Kier molecular flexibility index (Phi) is 4.59. The van der Waals surface area contributed by atoms with E-state index in [-0.39, 0.29) is 6.03 Å². The fraction of sp³-hybridized carbons (Fsp3) is 0.100. The van der Waals surface area contributed by atoms with Gasteiger partial charge in [-0.2, -0.15) is 9.61 Å². The number of aromatic nitrogens is 4. The van der Waals surface area contributed by atoms with Crippen LogP contribution in [0.25, 0.3) is 16.9 Å². The number of methoxy groups -OCH3 is 1. The van der Waals surface area contributed by atoms with Gasteiger partial charge in [0.25, 0.3) is 0 Å². The number of rotatable bonds is 4. The van der Waals surface area contributed by atoms with E-state index in [2.05, 4.69) is 25.9 Å². The Balaban J connectivity index is 1.52. The Morgan fingerprint density at radius 3 is 2.50 bits per heavy atom. The molecule has 0 aliphatic heterocycles. The van der Waals surface area contributed by atoms with Crippen LogP contribution in [0.1, 0.15) is 5.82 Å². The minimum Gasteiger partial charge on any atom is -0.497 e. The van der Waals surface area contributed by atoms with Crippen LogP contribution in [0, 0.1) is 6.92 Å². The Morgan fingerprint density at radius 1 is 0.964 bits per heavy atom. The first kappa shape index (κ1) is 17.5. The minimum absolute atomic E-state index is 0.344. The van der Waals surface area contributed by atoms with Crippen molar-refractivity contribution in [3.05, 3.63) is 66.5 Å². The molecule has 140 valence electrons. The second-order valence-corrected chi connectivity index (χ2v) is 6.13. The first-order valence-corrected chi connectivity index (χ1v) is 8.64. The molecule has 0 aliphatic carbocycles. The molecule has 4 aromatic rings. The summed E-state index contributed by atoms with van der Waals surface area (Å²) >= 11 is 0. The van der Waals surface area contributed by atoms with Crippen molar-refractivity contribution >= 4 is 23.1 Å². The molecule has 2 heterocycles. The monoisotopic (exact) mass is 374 g/mol. The lowest BCUT2D eigenvalue weighted by Gasteiger charge is -2.10. The van der Waals surface area contributed by atoms with Gasteiger partial charge in [-0.15, -0.1) is 10.2 Å². The van der Waals surface area contributed by atoms with Crippen molar-refractivity contribution in [2.24, 2.45) is 0 Å². The molecule has 8 nitrogen and oxygen atoms in total. The number of benzene rings is 2. The van der Waals surface area contributed by atoms with E-state index in [1.807, 2.05) is 55.5 Å². The maximum Gasteiger partial charge on any atom is 0.323 e. The first-order valence-electron chi connectivity index (χ1n) is 8.64. The molecule has 0 saturated heterocycles. The Labute approximate surface area is 161 Å². The van der Waals surface area contributed by atoms with Gasteiger partial charge in [0.15, 0.2) is 11.5 Å². The van der Waals surface area contributed by atoms with Crippen molar-refractivity contribution in [3.63, 3.8) is 0 Å². The van der Waals surface area contributed by atoms with Crippen LogP contribution in [0.3, 0.4) is 0 Å². The van der Waals surface area contributed by atoms with Crippen molar-refractivity contribution in [1.29, 1.82) is 0 Å². The van der Waals surface area contributed by atoms with Crippen molar-refractivity contribution in [3.8, 4) is 17.0 Å². The molecule has 2 amide bonds. The van der Waals surface area contributed by atoms with Crippen LogP contribution in [0.15, 0.2) is 60.7 Å². The number of fused-ring (bicyclic) bond motifs is 1. The van der Waals surface area contributed by atoms with E-state index in [1.54, 1.807) is 23.8 Å². The molecule has 2 aromatic carbocycles. The van der Waals surface area contributed by atoms with Crippen molar-refractivity contribution < 1.29 is 9.53 Å². The minimum atomic E-state index is -0.344. The van der Waals surface area contributed by atoms with Crippen LogP contribution in [-0.2, 0) is 0 Å². The third-order valence-corrected chi connectivity index (χ3v) is 4.16. The van der Waals surface area contributed by atoms with Gasteiger partial charge in [-0.25, -0.2) is 4.79 Å². The zero-order chi connectivity index (χ0) is 19.5. The Morgan fingerprint density at radius 2 is 1.71 bits per heavy atom. The number of hydrogen-bond donors (Lipinski definition) is 2. The van der Waals surface area contributed by atoms with Crippen LogP contribution in [0.2, 0.25) is 0 Å². The summed E-state index contributed by atoms with van der Waals surface area (Å²) in [4.78, 5) is 12.3. The highest BCUT2D eigenvalue weighted by atomic mass is 16.5. The molecule has 28 heavy (non-hydrogen) atoms. The van der Waals surface area contributed by atoms with Gasteiger partial charge in [0.2, 0.25) is 0 Å². The molecular weight excluding hydrogens is 356 g/mol. The number of ether oxygens (including phenoxy) is 1. The van der Waals surface area contributed by atoms with Gasteiger partial charge in [-0.1, -0.05) is 18.2 Å². The number of amides is 2. The van der Waals surface area contributed by atoms with E-state index in [1.165, 1.54) is 0 Å². The largest absolute Gasteiger partial charge is 0.497 e. The van der Waals surface area contributed by atoms with Gasteiger partial charge in [0.1, 0.15) is 5.75 Å². The van der Waals surface area contributed by atoms with Crippen molar-refractivity contribution in [1.82, 2.24) is 19.8 Å². The lowest BCUT2D eigenvalue weighted by Crippen LogP contribution is -2.19. The van der Waals surface area contributed by atoms with Gasteiger partial charge in [-0.05, 0) is 43.3 Å². The van der Waals surface area contributed by atoms with Crippen molar-refractivity contribution in [2.45, 2.75) is 6.92 Å². The molecule has 0 saturated carbocycles. The van der Waals surface area contributed by atoms with E-state index in [0.717, 1.165) is 11.3 Å². The molecule has 4 rings (SSSR count). The van der Waals surface area contributed by atoms with E-state index in [9.17, 15) is 4.79 Å². The highest BCUT2D eigenvalue weighted by Crippen LogP contribution is 2.22. The molecule has 0 fully saturated rings. The predicted octanol–water partition coefficient (Wildman–Crippen LogP) is 3.75. The van der Waals surface area contributed by atoms with E-state index in [0.29, 0.717) is 28.6 Å². The maximum absolute atomic E-state index is 12.3. The number of hydrogen-bond acceptors (Lipinski definition) is 5. The fourth-order valence-corrected chi connectivity index (χ4v) is 2.80. The lowest BCUT2D eigenvalue weighted by atomic mass is 10.1. The van der Waals surface area contributed by atoms with Gasteiger partial charge in [0.05, 0.1) is 12.8 Å². The molecule has 2 N–H and O–H groups in total. The van der Waals surface area contributed by atoms with E-state index in [4.69, 9.17) is 4.74 Å². The van der Waals surface area contributed by atoms with Gasteiger partial charge >= 0.3 is 6.03 Å². The SMILES string of the molecule is COc1cccc(NC(=O)Nc2cccc(-c3ccc4nnc(C)n4n3)c2)c1. The quantitative estimate of drug-likeness (QED) is 0.567. The average molecular weight is 374 g/mol. The number of nitrogens with one attached hydrogen (secondary N) is 2. The molecule has 0 aliphatic rings. The topological polar surface area (TPSA) is 93.4 Å². The highest BCUT2D eigenvalue weighted by molar-refractivity contribution is 6.00. The van der Waals surface area contributed by atoms with Crippen molar-refractivity contribution in [2.75, 3.05) is 17.7 Å². The summed E-state index contributed by atoms with van der Waals surface area (Å²) in [5.41, 5.74) is 3.61. The van der Waals surface area contributed by atoms with Gasteiger partial charge < -0.3 is 15.4 Å². The van der Waals surface area contributed by atoms with Crippen LogP contribution in [0.4, 0.5) is 16.2 Å². The lowest BCUT2D eigenvalue weighted by molar-refractivity contribution is 0.262. The summed E-state index contributed by atoms with van der Waals surface area (Å²) < 4.78 is 6.85. The second-order valence-electron chi connectivity index (χ2n) is 6.13. The summed E-state index contributed by atoms with van der Waals surface area (Å²) in [7, 11) is 1.58. The Hall–Kier alpha value is -3.94. The van der Waals surface area contributed by atoms with Crippen LogP contribution >= 0.6 is 0 Å². The summed E-state index contributed by atoms with van der Waals surface area (Å²) in [5.74, 6) is 1.38. The first-order chi connectivity index (χ1) is 13.6. The summed E-state index contributed by atoms with van der Waals surface area (Å²) in [6.45, 7) is 1.84. The number of carbonyl (C=O) groups excluding carboxylic acids is 1. The molecular formula is C20H18N6O2. The average Bonchev–Trinajstić information content (AvgIpc) is 3.08. The number of nitrogens with zero attached hydrogens (tertiary/aromatic N) is 4. The van der Waals surface area contributed by atoms with Crippen LogP contribution in [0.5, 0.6) is 5.75 Å². The number of anilines is 2. The molecule has 0 bridgehead atoms. The number of carbonyl (C=O) groups is 1. The molecule has 0 radical (unpaired) electrons. The third-order valence-electron chi connectivity index (χ3n) is 4.16. The molecule has 0 atom stereocenters. The molecule has 8 heteroatoms. The molecule has 0 unspecified atom stereocenters. The summed E-state index contributed by atoms with van der Waals surface area (Å²) in [6.07, 6.45) is 0. The van der Waals surface area contributed by atoms with Crippen LogP contribution in [-0.4, -0.2) is 33.0 Å². The zero-order valence-corrected chi connectivity index (χ0v) is 15.4. The molecule has 2 aromatic heterocycles. The normalized spacial score (nSPS) is 10.6. The van der Waals surface area contributed by atoms with Gasteiger partial charge in [-0.3, -0.25) is 0 Å². The third kappa shape index (κ3) is 3.61. The number of aryl methyl sites for hydroxylation is 1. The molecule has 0 spiro atoms. The fourth-order valence-electron chi connectivity index (χ4n) is 2.80. The maximum atomic E-state index is 12.3. The standard InChI is InChI=1S/C20H18N6O2/c1-13-23-24-19-10-9-18(25-26(13)19)14-5-3-6-15(11-14)21-20(27)22-16-7-4-8-17(12-16)28-2/h3-12H,1-2H3,(H2,21,22,27). The summed E-state index contributed by atoms with van der Waals surface area (Å²) in [6, 6.07) is 18.0. The second kappa shape index (κ2) is 7.36. The smallest absolute Gasteiger partial charge is 0.323 e. The van der Waals surface area contributed by atoms with Crippen LogP contribution < -0.4 is 15.4 Å². The van der Waals surface area contributed by atoms with E-state index >= 15 is 0 Å². The zero-order valence-electron chi connectivity index (χ0n) is 15.4. The summed E-state index contributed by atoms with van der Waals surface area (Å²) in [5, 5.41) is 18.2. The number of urea groups is 1.